The molecule has 0 heterocycles. The Hall–Kier alpha value is 1.52. The van der Waals surface area contributed by atoms with Crippen molar-refractivity contribution in [3.05, 3.63) is 0 Å². The molecule has 0 radical (unpaired) electrons. The van der Waals surface area contributed by atoms with E-state index in [9.17, 15) is 0 Å². The van der Waals surface area contributed by atoms with Crippen LogP contribution in [0.15, 0.2) is 0 Å². The van der Waals surface area contributed by atoms with Gasteiger partial charge in [0.25, 0.3) is 0 Å². The van der Waals surface area contributed by atoms with Crippen LogP contribution in [-0.2, 0) is 19.7 Å². The molecule has 0 saturated heterocycles. The molecule has 0 aliphatic rings. The van der Waals surface area contributed by atoms with Gasteiger partial charge in [-0.15, -0.1) is 7.92 Å². The van der Waals surface area contributed by atoms with Crippen LogP contribution in [0, 0.1) is 5.92 Å². The fraction of sp³-hybridized carbons (Fsp3) is 1.00. The monoisotopic (exact) mass is 404 g/mol. The van der Waals surface area contributed by atoms with Crippen LogP contribution in [0.4, 0.5) is 0 Å². The predicted octanol–water partition coefficient (Wildman–Crippen LogP) is 4.37. The minimum absolute atomic E-state index is 0.446. The molecule has 13 heavy (non-hydrogen) atoms. The summed E-state index contributed by atoms with van der Waals surface area (Å²) in [6, 6.07) is 0. The second-order valence-corrected chi connectivity index (χ2v) is 8.89. The molecule has 0 N–H and O–H groups in total. The molecule has 0 aliphatic carbocycles. The Bertz CT molecular complexity index is 79.5. The summed E-state index contributed by atoms with van der Waals surface area (Å²) in [6.45, 7) is 11.3. The normalized spacial score (nSPS) is 10.2. The predicted molar refractivity (Wildman–Crippen MR) is 65.8 cm³/mol. The van der Waals surface area contributed by atoms with E-state index in [4.69, 9.17) is 0 Å². The van der Waals surface area contributed by atoms with E-state index in [1.807, 2.05) is 9.23 Å². The van der Waals surface area contributed by atoms with Crippen molar-refractivity contribution in [3.63, 3.8) is 0 Å². The van der Waals surface area contributed by atoms with Gasteiger partial charge in [-0.1, -0.05) is 20.8 Å². The zero-order valence-electron chi connectivity index (χ0n) is 9.56. The smallest absolute Gasteiger partial charge is 0.0355 e. The Kier molecular flexibility index (Phi) is 17.6. The molecule has 0 spiro atoms. The zero-order valence-corrected chi connectivity index (χ0v) is 13.4. The maximum absolute atomic E-state index is 2.47. The van der Waals surface area contributed by atoms with Gasteiger partial charge in [-0.25, -0.2) is 0 Å². The quantitative estimate of drug-likeness (QED) is 0.485. The van der Waals surface area contributed by atoms with Crippen molar-refractivity contribution >= 4 is 17.1 Å². The van der Waals surface area contributed by atoms with Gasteiger partial charge in [-0.3, -0.25) is 0 Å². The summed E-state index contributed by atoms with van der Waals surface area (Å²) in [6.07, 6.45) is 4.26. The Morgan fingerprint density at radius 3 is 1.46 bits per heavy atom. The maximum Gasteiger partial charge on any atom is -0.0355 e. The number of hydrogen-bond acceptors (Lipinski definition) is 1. The molecule has 0 aromatic carbocycles. The van der Waals surface area contributed by atoms with Crippen molar-refractivity contribution in [1.29, 1.82) is 0 Å². The topological polar surface area (TPSA) is 0 Å². The van der Waals surface area contributed by atoms with E-state index in [2.05, 4.69) is 54.4 Å². The summed E-state index contributed by atoms with van der Waals surface area (Å²) in [7, 11) is 2.30. The van der Waals surface area contributed by atoms with Gasteiger partial charge in [0.15, 0.2) is 0 Å². The largest absolute Gasteiger partial charge is 0.108 e. The minimum atomic E-state index is 0.446. The van der Waals surface area contributed by atoms with Gasteiger partial charge < -0.3 is 0 Å². The van der Waals surface area contributed by atoms with E-state index in [1.165, 1.54) is 24.2 Å². The standard InChI is InChI=1S/C6H15P.C4H10S.Au/c1-4-7(5-2)6-3;1-4(2)3-5;/h4-6H2,1-3H3;4-5H,3H2,1-2H3;/q;;+1/p-1. The Morgan fingerprint density at radius 1 is 1.08 bits per heavy atom. The first-order valence-corrected chi connectivity index (χ1v) is 10.4. The van der Waals surface area contributed by atoms with E-state index >= 15 is 0 Å². The molecule has 0 nitrogen and oxygen atoms in total. The Balaban J connectivity index is 0. The van der Waals surface area contributed by atoms with E-state index in [-0.39, 0.29) is 0 Å². The fourth-order valence-electron chi connectivity index (χ4n) is 0.771. The average molecular weight is 404 g/mol. The van der Waals surface area contributed by atoms with Gasteiger partial charge in [0.1, 0.15) is 0 Å². The SMILES string of the molecule is CC(C)C[S][Au].CCP(CC)CC. The molecule has 0 bridgehead atoms. The van der Waals surface area contributed by atoms with Crippen LogP contribution < -0.4 is 0 Å². The summed E-state index contributed by atoms with van der Waals surface area (Å²) < 4.78 is 0. The van der Waals surface area contributed by atoms with Crippen LogP contribution in [-0.4, -0.2) is 24.2 Å². The second-order valence-electron chi connectivity index (χ2n) is 3.27. The molecule has 0 rings (SSSR count). The molecule has 0 aliphatic heterocycles. The maximum atomic E-state index is 2.47. The van der Waals surface area contributed by atoms with E-state index < -0.39 is 0 Å². The van der Waals surface area contributed by atoms with Gasteiger partial charge in [-0.2, -0.15) is 0 Å². The van der Waals surface area contributed by atoms with Crippen molar-refractivity contribution in [2.45, 2.75) is 34.6 Å². The Morgan fingerprint density at radius 2 is 1.46 bits per heavy atom. The van der Waals surface area contributed by atoms with Crippen molar-refractivity contribution in [3.8, 4) is 0 Å². The van der Waals surface area contributed by atoms with Gasteiger partial charge >= 0.3 is 54.5 Å². The molecule has 0 atom stereocenters. The molecule has 0 aromatic heterocycles. The van der Waals surface area contributed by atoms with Gasteiger partial charge in [0.05, 0.1) is 0 Å². The first-order valence-electron chi connectivity index (χ1n) is 5.04. The summed E-state index contributed by atoms with van der Waals surface area (Å²) in [5, 5.41) is 0. The van der Waals surface area contributed by atoms with Crippen molar-refractivity contribution in [1.82, 2.24) is 0 Å². The molecule has 86 valence electrons. The minimum Gasteiger partial charge on any atom is -0.108 e. The van der Waals surface area contributed by atoms with Crippen LogP contribution in [0.2, 0.25) is 0 Å². The van der Waals surface area contributed by atoms with Crippen molar-refractivity contribution < 1.29 is 19.7 Å². The van der Waals surface area contributed by atoms with Crippen LogP contribution in [0.1, 0.15) is 34.6 Å². The van der Waals surface area contributed by atoms with Gasteiger partial charge in [0, 0.05) is 0 Å². The van der Waals surface area contributed by atoms with Crippen LogP contribution >= 0.6 is 17.1 Å². The first kappa shape index (κ1) is 16.9. The Labute approximate surface area is 101 Å². The van der Waals surface area contributed by atoms with E-state index in [1.54, 1.807) is 0 Å². The average Bonchev–Trinajstić information content (AvgIpc) is 2.08. The van der Waals surface area contributed by atoms with Crippen LogP contribution in [0.3, 0.4) is 0 Å². The van der Waals surface area contributed by atoms with Gasteiger partial charge in [-0.05, 0) is 18.5 Å². The fourth-order valence-corrected chi connectivity index (χ4v) is 4.48. The number of hydrogen-bond donors (Lipinski definition) is 0. The summed E-state index contributed by atoms with van der Waals surface area (Å²) in [4.78, 5) is 0. The van der Waals surface area contributed by atoms with Gasteiger partial charge in [0.2, 0.25) is 0 Å². The third-order valence-electron chi connectivity index (χ3n) is 1.73. The van der Waals surface area contributed by atoms with Crippen LogP contribution in [0.25, 0.3) is 0 Å². The van der Waals surface area contributed by atoms with E-state index in [0.717, 1.165) is 5.92 Å². The zero-order chi connectivity index (χ0) is 10.7. The molecule has 0 fully saturated rings. The second kappa shape index (κ2) is 13.5. The van der Waals surface area contributed by atoms with Crippen molar-refractivity contribution in [2.24, 2.45) is 5.92 Å². The summed E-state index contributed by atoms with van der Waals surface area (Å²) in [5.41, 5.74) is 0. The molecule has 0 saturated carbocycles. The molecular formula is C10H24AuPS. The number of rotatable bonds is 5. The molecule has 0 unspecified atom stereocenters. The van der Waals surface area contributed by atoms with E-state index in [0.29, 0.717) is 7.92 Å². The molecular weight excluding hydrogens is 380 g/mol. The summed E-state index contributed by atoms with van der Waals surface area (Å²) >= 11 is 2.47. The molecule has 3 heteroatoms. The summed E-state index contributed by atoms with van der Waals surface area (Å²) in [5.74, 6) is 2.11. The molecule has 0 aromatic rings. The third-order valence-corrected chi connectivity index (χ3v) is 6.26. The third kappa shape index (κ3) is 16.2. The first-order chi connectivity index (χ1) is 6.12. The van der Waals surface area contributed by atoms with Crippen LogP contribution in [0.5, 0.6) is 0 Å². The molecule has 0 amide bonds. The van der Waals surface area contributed by atoms with Crippen molar-refractivity contribution in [2.75, 3.05) is 24.2 Å².